The predicted octanol–water partition coefficient (Wildman–Crippen LogP) is 7.18. The number of hydrogen-bond donors (Lipinski definition) is 1. The number of alkyl carbamates (subject to hydrolysis) is 1. The molecule has 0 unspecified atom stereocenters. The lowest BCUT2D eigenvalue weighted by Gasteiger charge is -2.61. The number of rotatable bonds is 3. The Morgan fingerprint density at radius 3 is 2.49 bits per heavy atom. The van der Waals surface area contributed by atoms with Gasteiger partial charge < -0.3 is 19.5 Å². The van der Waals surface area contributed by atoms with Crippen molar-refractivity contribution in [1.82, 2.24) is 5.32 Å². The molecule has 12 atom stereocenters. The van der Waals surface area contributed by atoms with E-state index in [0.29, 0.717) is 53.1 Å². The van der Waals surface area contributed by atoms with E-state index >= 15 is 0 Å². The lowest BCUT2D eigenvalue weighted by molar-refractivity contribution is -0.273. The van der Waals surface area contributed by atoms with Crippen LogP contribution in [0.15, 0.2) is 0 Å². The third-order valence-electron chi connectivity index (χ3n) is 12.8. The highest BCUT2D eigenvalue weighted by Gasteiger charge is 2.69. The summed E-state index contributed by atoms with van der Waals surface area (Å²) in [5.74, 6) is 5.06. The van der Waals surface area contributed by atoms with Gasteiger partial charge in [0.1, 0.15) is 6.10 Å². The molecule has 1 N–H and O–H groups in total. The van der Waals surface area contributed by atoms with Gasteiger partial charge in [-0.2, -0.15) is 0 Å². The van der Waals surface area contributed by atoms with Gasteiger partial charge in [0, 0.05) is 18.9 Å². The van der Waals surface area contributed by atoms with Crippen molar-refractivity contribution in [2.24, 2.45) is 58.2 Å². The number of hydrogen-bond acceptors (Lipinski definition) is 4. The second-order valence-corrected chi connectivity index (χ2v) is 15.3. The van der Waals surface area contributed by atoms with Crippen molar-refractivity contribution in [3.63, 3.8) is 0 Å². The third-order valence-corrected chi connectivity index (χ3v) is 12.8. The molecule has 2 aliphatic heterocycles. The third kappa shape index (κ3) is 4.19. The molecule has 1 amide bonds. The van der Waals surface area contributed by atoms with E-state index in [2.05, 4.69) is 46.9 Å². The number of carbonyl (C=O) groups excluding carboxylic acids is 1. The molecule has 5 nitrogen and oxygen atoms in total. The highest BCUT2D eigenvalue weighted by Crippen LogP contribution is 2.71. The fourth-order valence-corrected chi connectivity index (χ4v) is 10.8. The van der Waals surface area contributed by atoms with E-state index in [1.54, 1.807) is 0 Å². The van der Waals surface area contributed by atoms with E-state index in [4.69, 9.17) is 14.2 Å². The molecule has 0 aromatic heterocycles. The van der Waals surface area contributed by atoms with Gasteiger partial charge in [-0.25, -0.2) is 4.79 Å². The molecule has 5 heteroatoms. The Labute approximate surface area is 225 Å². The molecule has 6 fully saturated rings. The summed E-state index contributed by atoms with van der Waals surface area (Å²) >= 11 is 0. The predicted molar refractivity (Wildman–Crippen MR) is 145 cm³/mol. The van der Waals surface area contributed by atoms with Crippen LogP contribution in [0.5, 0.6) is 0 Å². The van der Waals surface area contributed by atoms with Crippen LogP contribution in [-0.2, 0) is 14.2 Å². The number of carbonyl (C=O) groups is 1. The van der Waals surface area contributed by atoms with Gasteiger partial charge in [-0.3, -0.25) is 0 Å². The molecule has 210 valence electrons. The standard InChI is InChI=1S/C32H53NO4/c1-19(2)17-33-29(34)36-23-10-12-30(5)22(15-23)7-8-24-25(30)11-13-31(6)26(24)16-27-28(31)21(4)32(37-27)14-9-20(3)18-35-32/h19-28H,7-18H2,1-6H3,(H,33,34)/t20-,21-,22+,23-,24+,25-,26-,27-,28-,30-,31-,32+/m0/s1. The molecule has 4 saturated carbocycles. The molecule has 6 rings (SSSR count). The molecule has 6 aliphatic rings. The van der Waals surface area contributed by atoms with Crippen LogP contribution in [0, 0.1) is 58.2 Å². The molecule has 0 aromatic rings. The highest BCUT2D eigenvalue weighted by atomic mass is 16.7. The van der Waals surface area contributed by atoms with Crippen LogP contribution in [0.4, 0.5) is 4.79 Å². The van der Waals surface area contributed by atoms with Crippen molar-refractivity contribution in [2.45, 2.75) is 124 Å². The number of fused-ring (bicyclic) bond motifs is 7. The largest absolute Gasteiger partial charge is 0.446 e. The van der Waals surface area contributed by atoms with Gasteiger partial charge in [-0.15, -0.1) is 0 Å². The van der Waals surface area contributed by atoms with Gasteiger partial charge >= 0.3 is 6.09 Å². The highest BCUT2D eigenvalue weighted by molar-refractivity contribution is 5.67. The second kappa shape index (κ2) is 9.39. The van der Waals surface area contributed by atoms with E-state index in [-0.39, 0.29) is 18.0 Å². The van der Waals surface area contributed by atoms with E-state index < -0.39 is 0 Å². The van der Waals surface area contributed by atoms with Crippen LogP contribution < -0.4 is 5.32 Å². The van der Waals surface area contributed by atoms with Gasteiger partial charge in [0.2, 0.25) is 0 Å². The fourth-order valence-electron chi connectivity index (χ4n) is 10.8. The van der Waals surface area contributed by atoms with E-state index in [9.17, 15) is 4.79 Å². The van der Waals surface area contributed by atoms with Crippen LogP contribution in [0.1, 0.15) is 106 Å². The lowest BCUT2D eigenvalue weighted by atomic mass is 9.44. The summed E-state index contributed by atoms with van der Waals surface area (Å²) in [5, 5.41) is 2.95. The van der Waals surface area contributed by atoms with Crippen LogP contribution in [0.25, 0.3) is 0 Å². The minimum Gasteiger partial charge on any atom is -0.446 e. The Morgan fingerprint density at radius 2 is 1.76 bits per heavy atom. The number of amides is 1. The van der Waals surface area contributed by atoms with Gasteiger partial charge in [-0.05, 0) is 110 Å². The summed E-state index contributed by atoms with van der Waals surface area (Å²) in [7, 11) is 0. The molecule has 0 radical (unpaired) electrons. The van der Waals surface area contributed by atoms with E-state index in [1.165, 1.54) is 44.9 Å². The van der Waals surface area contributed by atoms with Crippen molar-refractivity contribution >= 4 is 6.09 Å². The first-order valence-electron chi connectivity index (χ1n) is 15.8. The first-order valence-corrected chi connectivity index (χ1v) is 15.8. The van der Waals surface area contributed by atoms with Crippen molar-refractivity contribution in [1.29, 1.82) is 0 Å². The minimum atomic E-state index is -0.309. The maximum atomic E-state index is 12.3. The van der Waals surface area contributed by atoms with Gasteiger partial charge in [-0.1, -0.05) is 41.5 Å². The molecule has 2 saturated heterocycles. The molecule has 0 bridgehead atoms. The van der Waals surface area contributed by atoms with Crippen molar-refractivity contribution < 1.29 is 19.0 Å². The zero-order chi connectivity index (χ0) is 26.2. The first kappa shape index (κ1) is 26.4. The molecular weight excluding hydrogens is 462 g/mol. The van der Waals surface area contributed by atoms with Crippen LogP contribution in [-0.4, -0.2) is 37.2 Å². The van der Waals surface area contributed by atoms with E-state index in [1.807, 2.05) is 0 Å². The smallest absolute Gasteiger partial charge is 0.407 e. The second-order valence-electron chi connectivity index (χ2n) is 15.3. The van der Waals surface area contributed by atoms with Crippen LogP contribution >= 0.6 is 0 Å². The Kier molecular flexibility index (Phi) is 6.70. The average Bonchev–Trinajstić information content (AvgIpc) is 3.30. The molecule has 4 aliphatic carbocycles. The van der Waals surface area contributed by atoms with E-state index in [0.717, 1.165) is 43.6 Å². The van der Waals surface area contributed by atoms with Gasteiger partial charge in [0.25, 0.3) is 0 Å². The molecule has 2 heterocycles. The quantitative estimate of drug-likeness (QED) is 0.432. The number of ether oxygens (including phenoxy) is 3. The molecule has 0 aromatic carbocycles. The molecular formula is C32H53NO4. The zero-order valence-electron chi connectivity index (χ0n) is 24.4. The average molecular weight is 516 g/mol. The topological polar surface area (TPSA) is 56.8 Å². The fraction of sp³-hybridized carbons (Fsp3) is 0.969. The summed E-state index contributed by atoms with van der Waals surface area (Å²) in [6.45, 7) is 15.8. The van der Waals surface area contributed by atoms with Crippen molar-refractivity contribution in [2.75, 3.05) is 13.2 Å². The van der Waals surface area contributed by atoms with Crippen LogP contribution in [0.3, 0.4) is 0 Å². The monoisotopic (exact) mass is 515 g/mol. The van der Waals surface area contributed by atoms with Crippen LogP contribution in [0.2, 0.25) is 0 Å². The number of nitrogens with one attached hydrogen (secondary N) is 1. The summed E-state index contributed by atoms with van der Waals surface area (Å²) in [6, 6.07) is 0. The Bertz CT molecular complexity index is 867. The molecule has 1 spiro atoms. The van der Waals surface area contributed by atoms with Crippen molar-refractivity contribution in [3.05, 3.63) is 0 Å². The van der Waals surface area contributed by atoms with Crippen molar-refractivity contribution in [3.8, 4) is 0 Å². The minimum absolute atomic E-state index is 0.0881. The maximum absolute atomic E-state index is 12.3. The Morgan fingerprint density at radius 1 is 0.973 bits per heavy atom. The normalized spacial score (nSPS) is 52.8. The summed E-state index contributed by atoms with van der Waals surface area (Å²) < 4.78 is 19.4. The SMILES string of the molecule is CC(C)CNC(=O)O[C@H]1CC[C@@]2(C)[C@H](CC[C@@H]3[C@@H]2CC[C@]2(C)[C@@H]4[C@H](C[C@@H]32)O[C@]2(CC[C@H](C)CO2)[C@H]4C)C1. The zero-order valence-corrected chi connectivity index (χ0v) is 24.4. The Balaban J connectivity index is 1.13. The molecule has 37 heavy (non-hydrogen) atoms. The Hall–Kier alpha value is -0.810. The summed E-state index contributed by atoms with van der Waals surface area (Å²) in [6.07, 6.45) is 12.5. The summed E-state index contributed by atoms with van der Waals surface area (Å²) in [5.41, 5.74) is 0.783. The van der Waals surface area contributed by atoms with Gasteiger partial charge in [0.15, 0.2) is 5.79 Å². The first-order chi connectivity index (χ1) is 17.6. The summed E-state index contributed by atoms with van der Waals surface area (Å²) in [4.78, 5) is 12.3. The lowest BCUT2D eigenvalue weighted by Crippen LogP contribution is -2.55. The maximum Gasteiger partial charge on any atom is 0.407 e. The van der Waals surface area contributed by atoms with Gasteiger partial charge in [0.05, 0.1) is 12.7 Å².